The smallest absolute Gasteiger partial charge is 0.307 e. The molecule has 0 aliphatic carbocycles. The second kappa shape index (κ2) is 8.39. The van der Waals surface area contributed by atoms with Crippen LogP contribution in [0, 0.1) is 22.0 Å². The summed E-state index contributed by atoms with van der Waals surface area (Å²) in [6, 6.07) is 13.4. The first-order valence-electron chi connectivity index (χ1n) is 9.95. The molecule has 0 saturated carbocycles. The molecule has 2 aromatic rings. The van der Waals surface area contributed by atoms with Crippen molar-refractivity contribution in [3.8, 4) is 5.75 Å². The number of carboxylic acid groups (broad SMARTS) is 1. The van der Waals surface area contributed by atoms with E-state index in [9.17, 15) is 20.0 Å². The molecule has 0 amide bonds. The topological polar surface area (TPSA) is 126 Å². The lowest BCUT2D eigenvalue weighted by Gasteiger charge is -2.39. The van der Waals surface area contributed by atoms with Gasteiger partial charge in [0.05, 0.1) is 29.7 Å². The van der Waals surface area contributed by atoms with E-state index in [1.54, 1.807) is 12.1 Å². The molecule has 5 atom stereocenters. The summed E-state index contributed by atoms with van der Waals surface area (Å²) in [6.07, 6.45) is 0.0684. The largest absolute Gasteiger partial charge is 0.494 e. The van der Waals surface area contributed by atoms with Gasteiger partial charge >= 0.3 is 5.97 Å². The van der Waals surface area contributed by atoms with Crippen LogP contribution in [0.5, 0.6) is 5.75 Å². The maximum Gasteiger partial charge on any atom is 0.307 e. The maximum atomic E-state index is 12.2. The number of nitrogens with one attached hydrogen (secondary N) is 3. The Balaban J connectivity index is 1.64. The van der Waals surface area contributed by atoms with E-state index in [-0.39, 0.29) is 29.9 Å². The third-order valence-corrected chi connectivity index (χ3v) is 5.85. The number of nitro groups is 1. The van der Waals surface area contributed by atoms with Crippen molar-refractivity contribution in [2.45, 2.75) is 31.6 Å². The zero-order valence-electron chi connectivity index (χ0n) is 16.4. The van der Waals surface area contributed by atoms with Crippen molar-refractivity contribution >= 4 is 11.7 Å². The second-order valence-corrected chi connectivity index (χ2v) is 7.54. The first-order chi connectivity index (χ1) is 14.5. The van der Waals surface area contributed by atoms with Gasteiger partial charge in [0.25, 0.3) is 5.69 Å². The predicted octanol–water partition coefficient (Wildman–Crippen LogP) is 2.52. The standard InChI is InChI=1S/C21H24N4O5/c1-2-30-17-9-4-3-8-14(17)16-11-15(21(26)27)18-19(23-24-20(18)22-16)12-6-5-7-13(10-12)25(28)29/h3-10,15-16,18-20,22-24H,2,11H2,1H3,(H,26,27). The minimum absolute atomic E-state index is 0.0167. The van der Waals surface area contributed by atoms with Gasteiger partial charge in [-0.25, -0.2) is 10.9 Å². The number of carbonyl (C=O) groups is 1. The Morgan fingerprint density at radius 2 is 2.03 bits per heavy atom. The van der Waals surface area contributed by atoms with Gasteiger partial charge < -0.3 is 9.84 Å². The van der Waals surface area contributed by atoms with Crippen molar-refractivity contribution in [1.82, 2.24) is 16.2 Å². The number of piperidine rings is 1. The average molecular weight is 412 g/mol. The second-order valence-electron chi connectivity index (χ2n) is 7.54. The lowest BCUT2D eigenvalue weighted by atomic mass is 9.74. The number of fused-ring (bicyclic) bond motifs is 1. The minimum atomic E-state index is -0.883. The molecule has 2 aliphatic rings. The van der Waals surface area contributed by atoms with Crippen LogP contribution in [0.4, 0.5) is 5.69 Å². The number of hydrogen-bond acceptors (Lipinski definition) is 7. The Bertz CT molecular complexity index is 952. The molecule has 2 saturated heterocycles. The van der Waals surface area contributed by atoms with Crippen molar-refractivity contribution in [3.63, 3.8) is 0 Å². The number of non-ortho nitro benzene ring substituents is 1. The summed E-state index contributed by atoms with van der Waals surface area (Å²) in [5.74, 6) is -1.12. The highest BCUT2D eigenvalue weighted by atomic mass is 16.6. The Labute approximate surface area is 173 Å². The van der Waals surface area contributed by atoms with E-state index in [1.165, 1.54) is 12.1 Å². The molecular formula is C21H24N4O5. The fourth-order valence-corrected chi connectivity index (χ4v) is 4.55. The molecular weight excluding hydrogens is 388 g/mol. The van der Waals surface area contributed by atoms with Crippen LogP contribution in [0.3, 0.4) is 0 Å². The Hall–Kier alpha value is -3.01. The van der Waals surface area contributed by atoms with E-state index in [0.717, 1.165) is 11.3 Å². The highest BCUT2D eigenvalue weighted by Gasteiger charge is 2.49. The number of benzene rings is 2. The zero-order chi connectivity index (χ0) is 21.3. The Kier molecular flexibility index (Phi) is 5.67. The highest BCUT2D eigenvalue weighted by molar-refractivity contribution is 5.71. The SMILES string of the molecule is CCOc1ccccc1C1CC(C(=O)O)C2C(NNC2c2cccc([N+](=O)[O-])c2)N1. The molecule has 0 radical (unpaired) electrons. The monoisotopic (exact) mass is 412 g/mol. The van der Waals surface area contributed by atoms with Crippen LogP contribution in [-0.2, 0) is 4.79 Å². The fraction of sp³-hybridized carbons (Fsp3) is 0.381. The number of aliphatic carboxylic acids is 1. The van der Waals surface area contributed by atoms with Crippen LogP contribution >= 0.6 is 0 Å². The molecule has 0 bridgehead atoms. The molecule has 4 rings (SSSR count). The molecule has 0 aromatic heterocycles. The summed E-state index contributed by atoms with van der Waals surface area (Å²) in [6.45, 7) is 2.43. The number of hydrazine groups is 1. The molecule has 2 aromatic carbocycles. The zero-order valence-corrected chi connectivity index (χ0v) is 16.4. The summed E-state index contributed by atoms with van der Waals surface area (Å²) >= 11 is 0. The molecule has 2 aliphatic heterocycles. The number of carboxylic acids is 1. The van der Waals surface area contributed by atoms with Crippen molar-refractivity contribution in [1.29, 1.82) is 0 Å². The van der Waals surface area contributed by atoms with Crippen molar-refractivity contribution < 1.29 is 19.6 Å². The number of hydrogen-bond donors (Lipinski definition) is 4. The van der Waals surface area contributed by atoms with Gasteiger partial charge in [0.15, 0.2) is 0 Å². The molecule has 4 N–H and O–H groups in total. The van der Waals surface area contributed by atoms with Gasteiger partial charge in [-0.2, -0.15) is 0 Å². The summed E-state index contributed by atoms with van der Waals surface area (Å²) in [7, 11) is 0. The Morgan fingerprint density at radius 3 is 2.77 bits per heavy atom. The quantitative estimate of drug-likeness (QED) is 0.421. The molecule has 30 heavy (non-hydrogen) atoms. The van der Waals surface area contributed by atoms with E-state index in [2.05, 4.69) is 16.2 Å². The lowest BCUT2D eigenvalue weighted by Crippen LogP contribution is -2.53. The average Bonchev–Trinajstić information content (AvgIpc) is 3.17. The number of nitrogens with zero attached hydrogens (tertiary/aromatic N) is 1. The van der Waals surface area contributed by atoms with E-state index in [4.69, 9.17) is 4.74 Å². The maximum absolute atomic E-state index is 12.2. The minimum Gasteiger partial charge on any atom is -0.494 e. The number of ether oxygens (including phenoxy) is 1. The Morgan fingerprint density at radius 1 is 1.23 bits per heavy atom. The van der Waals surface area contributed by atoms with Crippen LogP contribution in [0.2, 0.25) is 0 Å². The van der Waals surface area contributed by atoms with Crippen LogP contribution in [0.25, 0.3) is 0 Å². The summed E-state index contributed by atoms with van der Waals surface area (Å²) < 4.78 is 5.74. The van der Waals surface area contributed by atoms with Crippen LogP contribution in [0.1, 0.15) is 36.6 Å². The molecule has 2 heterocycles. The van der Waals surface area contributed by atoms with Gasteiger partial charge in [0.1, 0.15) is 5.75 Å². The van der Waals surface area contributed by atoms with Crippen LogP contribution in [-0.4, -0.2) is 28.8 Å². The first-order valence-corrected chi connectivity index (χ1v) is 9.95. The molecule has 5 unspecified atom stereocenters. The summed E-state index contributed by atoms with van der Waals surface area (Å²) in [4.78, 5) is 22.9. The van der Waals surface area contributed by atoms with Gasteiger partial charge in [0.2, 0.25) is 0 Å². The number of para-hydroxylation sites is 1. The molecule has 0 spiro atoms. The summed E-state index contributed by atoms with van der Waals surface area (Å²) in [5.41, 5.74) is 7.89. The summed E-state index contributed by atoms with van der Waals surface area (Å²) in [5, 5.41) is 24.7. The fourth-order valence-electron chi connectivity index (χ4n) is 4.55. The van der Waals surface area contributed by atoms with Gasteiger partial charge in [-0.1, -0.05) is 30.3 Å². The van der Waals surface area contributed by atoms with E-state index in [1.807, 2.05) is 31.2 Å². The third kappa shape index (κ3) is 3.74. The van der Waals surface area contributed by atoms with Gasteiger partial charge in [-0.15, -0.1) is 0 Å². The predicted molar refractivity (Wildman–Crippen MR) is 109 cm³/mol. The molecule has 9 heteroatoms. The van der Waals surface area contributed by atoms with Gasteiger partial charge in [0, 0.05) is 29.7 Å². The van der Waals surface area contributed by atoms with Crippen molar-refractivity contribution in [2.75, 3.05) is 6.61 Å². The van der Waals surface area contributed by atoms with Crippen molar-refractivity contribution in [3.05, 3.63) is 69.8 Å². The van der Waals surface area contributed by atoms with Crippen molar-refractivity contribution in [2.24, 2.45) is 11.8 Å². The highest BCUT2D eigenvalue weighted by Crippen LogP contribution is 2.44. The molecule has 158 valence electrons. The number of nitro benzene ring substituents is 1. The number of rotatable bonds is 6. The first kappa shape index (κ1) is 20.3. The van der Waals surface area contributed by atoms with Crippen LogP contribution in [0.15, 0.2) is 48.5 Å². The van der Waals surface area contributed by atoms with E-state index >= 15 is 0 Å². The normalized spacial score (nSPS) is 28.0. The van der Waals surface area contributed by atoms with E-state index < -0.39 is 16.8 Å². The third-order valence-electron chi connectivity index (χ3n) is 5.85. The van der Waals surface area contributed by atoms with Gasteiger partial charge in [-0.05, 0) is 25.0 Å². The van der Waals surface area contributed by atoms with Gasteiger partial charge in [-0.3, -0.25) is 20.2 Å². The molecule has 9 nitrogen and oxygen atoms in total. The molecule has 2 fully saturated rings. The van der Waals surface area contributed by atoms with Crippen LogP contribution < -0.4 is 20.9 Å². The van der Waals surface area contributed by atoms with E-state index in [0.29, 0.717) is 18.6 Å². The lowest BCUT2D eigenvalue weighted by molar-refractivity contribution is -0.384.